The fourth-order valence-corrected chi connectivity index (χ4v) is 3.38. The lowest BCUT2D eigenvalue weighted by atomic mass is 10.3. The summed E-state index contributed by atoms with van der Waals surface area (Å²) in [4.78, 5) is 2.63. The Balaban J connectivity index is 2.38. The van der Waals surface area contributed by atoms with Gasteiger partial charge in [0.1, 0.15) is 16.5 Å². The maximum absolute atomic E-state index is 13.5. The number of hydrogen-bond acceptors (Lipinski definition) is 2. The van der Waals surface area contributed by atoms with Gasteiger partial charge in [-0.3, -0.25) is 4.72 Å². The molecular formula is C10H6BrF2IN2O2S. The highest BCUT2D eigenvalue weighted by atomic mass is 127. The molecule has 0 fully saturated rings. The standard InChI is InChI=1S/C10H6BrF2IN2O2S/c11-6-2-8(13)9(3-7(6)12)16-19(17,18)5-1-10(14)15-4-5/h1-4,15-16H. The maximum atomic E-state index is 13.5. The van der Waals surface area contributed by atoms with E-state index in [2.05, 4.69) is 20.9 Å². The van der Waals surface area contributed by atoms with Crippen LogP contribution >= 0.6 is 38.5 Å². The van der Waals surface area contributed by atoms with Crippen molar-refractivity contribution in [1.82, 2.24) is 4.98 Å². The van der Waals surface area contributed by atoms with Gasteiger partial charge in [-0.05, 0) is 50.7 Å². The molecule has 0 aliphatic carbocycles. The van der Waals surface area contributed by atoms with E-state index in [1.54, 1.807) is 0 Å². The van der Waals surface area contributed by atoms with Crippen molar-refractivity contribution >= 4 is 54.2 Å². The fourth-order valence-electron chi connectivity index (χ4n) is 1.31. The van der Waals surface area contributed by atoms with Gasteiger partial charge in [-0.25, -0.2) is 17.2 Å². The van der Waals surface area contributed by atoms with E-state index in [0.29, 0.717) is 3.70 Å². The summed E-state index contributed by atoms with van der Waals surface area (Å²) in [6.07, 6.45) is 1.26. The van der Waals surface area contributed by atoms with Crippen LogP contribution in [0.1, 0.15) is 0 Å². The molecule has 0 amide bonds. The first-order valence-corrected chi connectivity index (χ1v) is 8.16. The van der Waals surface area contributed by atoms with Crippen LogP contribution in [0, 0.1) is 15.3 Å². The summed E-state index contributed by atoms with van der Waals surface area (Å²) in [6, 6.07) is 3.00. The van der Waals surface area contributed by atoms with Gasteiger partial charge >= 0.3 is 0 Å². The summed E-state index contributed by atoms with van der Waals surface area (Å²) in [5.41, 5.74) is -0.447. The third-order valence-electron chi connectivity index (χ3n) is 2.19. The molecule has 0 saturated carbocycles. The zero-order chi connectivity index (χ0) is 14.2. The van der Waals surface area contributed by atoms with Crippen LogP contribution in [0.5, 0.6) is 0 Å². The molecule has 0 bridgehead atoms. The van der Waals surface area contributed by atoms with Crippen LogP contribution in [0.15, 0.2) is 33.8 Å². The minimum atomic E-state index is -3.95. The van der Waals surface area contributed by atoms with Gasteiger partial charge in [0.25, 0.3) is 10.0 Å². The minimum Gasteiger partial charge on any atom is -0.355 e. The molecule has 2 N–H and O–H groups in total. The summed E-state index contributed by atoms with van der Waals surface area (Å²) in [6.45, 7) is 0. The van der Waals surface area contributed by atoms with Crippen LogP contribution in [0.4, 0.5) is 14.5 Å². The molecule has 0 aliphatic rings. The number of halogens is 4. The third-order valence-corrected chi connectivity index (χ3v) is 4.76. The second-order valence-corrected chi connectivity index (χ2v) is 7.23. The number of aromatic amines is 1. The lowest BCUT2D eigenvalue weighted by Crippen LogP contribution is -2.13. The second-order valence-electron chi connectivity index (χ2n) is 3.53. The van der Waals surface area contributed by atoms with Gasteiger partial charge in [-0.15, -0.1) is 0 Å². The summed E-state index contributed by atoms with van der Waals surface area (Å²) >= 11 is 4.71. The fraction of sp³-hybridized carbons (Fsp3) is 0. The normalized spacial score (nSPS) is 11.6. The van der Waals surface area contributed by atoms with E-state index in [4.69, 9.17) is 0 Å². The molecule has 0 spiro atoms. The van der Waals surface area contributed by atoms with Crippen molar-refractivity contribution in [3.8, 4) is 0 Å². The molecule has 2 aromatic rings. The van der Waals surface area contributed by atoms with Crippen LogP contribution in [-0.2, 0) is 10.0 Å². The Morgan fingerprint density at radius 1 is 1.21 bits per heavy atom. The van der Waals surface area contributed by atoms with E-state index >= 15 is 0 Å². The summed E-state index contributed by atoms with van der Waals surface area (Å²) in [5, 5.41) is 0. The van der Waals surface area contributed by atoms with E-state index < -0.39 is 27.3 Å². The van der Waals surface area contributed by atoms with Crippen LogP contribution in [0.3, 0.4) is 0 Å². The number of nitrogens with one attached hydrogen (secondary N) is 2. The van der Waals surface area contributed by atoms with Crippen LogP contribution in [-0.4, -0.2) is 13.4 Å². The van der Waals surface area contributed by atoms with Crippen molar-refractivity contribution in [1.29, 1.82) is 0 Å². The van der Waals surface area contributed by atoms with Crippen LogP contribution in [0.2, 0.25) is 0 Å². The molecule has 102 valence electrons. The number of aromatic nitrogens is 1. The first-order valence-electron chi connectivity index (χ1n) is 4.81. The molecule has 0 aliphatic heterocycles. The number of anilines is 1. The predicted molar refractivity (Wildman–Crippen MR) is 78.4 cm³/mol. The molecule has 2 rings (SSSR count). The lowest BCUT2D eigenvalue weighted by molar-refractivity contribution is 0.592. The van der Waals surface area contributed by atoms with Gasteiger partial charge in [0.2, 0.25) is 0 Å². The van der Waals surface area contributed by atoms with Crippen molar-refractivity contribution in [3.63, 3.8) is 0 Å². The van der Waals surface area contributed by atoms with E-state index in [9.17, 15) is 17.2 Å². The number of benzene rings is 1. The van der Waals surface area contributed by atoms with Crippen molar-refractivity contribution in [2.45, 2.75) is 4.90 Å². The Bertz CT molecular complexity index is 733. The van der Waals surface area contributed by atoms with Gasteiger partial charge in [0, 0.05) is 12.3 Å². The van der Waals surface area contributed by atoms with E-state index in [0.717, 1.165) is 12.1 Å². The van der Waals surface area contributed by atoms with E-state index in [1.807, 2.05) is 27.3 Å². The Morgan fingerprint density at radius 2 is 1.89 bits per heavy atom. The molecule has 0 radical (unpaired) electrons. The zero-order valence-corrected chi connectivity index (χ0v) is 13.6. The number of H-pyrrole nitrogens is 1. The number of rotatable bonds is 3. The Labute approximate surface area is 129 Å². The average Bonchev–Trinajstić information content (AvgIpc) is 2.73. The smallest absolute Gasteiger partial charge is 0.263 e. The Hall–Kier alpha value is -0.680. The van der Waals surface area contributed by atoms with Gasteiger partial charge in [-0.1, -0.05) is 0 Å². The van der Waals surface area contributed by atoms with E-state index in [-0.39, 0.29) is 9.37 Å². The molecule has 0 unspecified atom stereocenters. The average molecular weight is 463 g/mol. The summed E-state index contributed by atoms with van der Waals surface area (Å²) in [5.74, 6) is -1.63. The Kier molecular flexibility index (Phi) is 4.16. The van der Waals surface area contributed by atoms with Crippen LogP contribution in [0.25, 0.3) is 0 Å². The molecule has 1 heterocycles. The Morgan fingerprint density at radius 3 is 2.47 bits per heavy atom. The highest BCUT2D eigenvalue weighted by Crippen LogP contribution is 2.25. The zero-order valence-electron chi connectivity index (χ0n) is 9.05. The van der Waals surface area contributed by atoms with Crippen molar-refractivity contribution in [3.05, 3.63) is 44.2 Å². The molecule has 1 aromatic carbocycles. The van der Waals surface area contributed by atoms with Crippen molar-refractivity contribution in [2.24, 2.45) is 0 Å². The SMILES string of the molecule is O=S(=O)(Nc1cc(F)c(Br)cc1F)c1c[nH]c(I)c1. The van der Waals surface area contributed by atoms with E-state index in [1.165, 1.54) is 12.3 Å². The molecular weight excluding hydrogens is 457 g/mol. The van der Waals surface area contributed by atoms with Gasteiger partial charge in [0.15, 0.2) is 0 Å². The van der Waals surface area contributed by atoms with Gasteiger partial charge in [-0.2, -0.15) is 0 Å². The summed E-state index contributed by atoms with van der Waals surface area (Å²) in [7, 11) is -3.95. The first-order chi connectivity index (χ1) is 8.79. The van der Waals surface area contributed by atoms with Crippen molar-refractivity contribution < 1.29 is 17.2 Å². The molecule has 9 heteroatoms. The topological polar surface area (TPSA) is 62.0 Å². The highest BCUT2D eigenvalue weighted by Gasteiger charge is 2.19. The molecule has 19 heavy (non-hydrogen) atoms. The second kappa shape index (κ2) is 5.37. The number of sulfonamides is 1. The third kappa shape index (κ3) is 3.26. The highest BCUT2D eigenvalue weighted by molar-refractivity contribution is 14.1. The number of hydrogen-bond donors (Lipinski definition) is 2. The first kappa shape index (κ1) is 14.7. The lowest BCUT2D eigenvalue weighted by Gasteiger charge is -2.08. The van der Waals surface area contributed by atoms with Crippen molar-refractivity contribution in [2.75, 3.05) is 4.72 Å². The minimum absolute atomic E-state index is 0.0559. The molecule has 0 atom stereocenters. The molecule has 1 aromatic heterocycles. The van der Waals surface area contributed by atoms with Gasteiger partial charge in [0.05, 0.1) is 13.9 Å². The maximum Gasteiger partial charge on any atom is 0.263 e. The quantitative estimate of drug-likeness (QED) is 0.542. The predicted octanol–water partition coefficient (Wildman–Crippen LogP) is 3.46. The van der Waals surface area contributed by atoms with Crippen LogP contribution < -0.4 is 4.72 Å². The summed E-state index contributed by atoms with van der Waals surface area (Å²) < 4.78 is 53.2. The molecule has 0 saturated heterocycles. The monoisotopic (exact) mass is 462 g/mol. The molecule has 4 nitrogen and oxygen atoms in total. The van der Waals surface area contributed by atoms with Gasteiger partial charge < -0.3 is 4.98 Å². The largest absolute Gasteiger partial charge is 0.355 e.